The van der Waals surface area contributed by atoms with Gasteiger partial charge in [-0.15, -0.1) is 0 Å². The molecule has 1 aromatic rings. The lowest BCUT2D eigenvalue weighted by molar-refractivity contribution is -0.123. The van der Waals surface area contributed by atoms with Gasteiger partial charge in [0, 0.05) is 45.9 Å². The topological polar surface area (TPSA) is 129 Å². The first-order valence-corrected chi connectivity index (χ1v) is 10.9. The van der Waals surface area contributed by atoms with Gasteiger partial charge in [-0.3, -0.25) is 19.4 Å². The lowest BCUT2D eigenvalue weighted by Gasteiger charge is -2.24. The van der Waals surface area contributed by atoms with E-state index in [0.29, 0.717) is 12.3 Å². The Balaban J connectivity index is 0.000000819. The predicted molar refractivity (Wildman–Crippen MR) is 123 cm³/mol. The highest BCUT2D eigenvalue weighted by Crippen LogP contribution is 2.29. The van der Waals surface area contributed by atoms with Crippen molar-refractivity contribution >= 4 is 12.9 Å². The summed E-state index contributed by atoms with van der Waals surface area (Å²) in [5.41, 5.74) is 1.21. The smallest absolute Gasteiger partial charge is 0.290 e. The van der Waals surface area contributed by atoms with Crippen molar-refractivity contribution in [3.63, 3.8) is 0 Å². The minimum Gasteiger partial charge on any atom is -0.493 e. The number of hydrogen-bond acceptors (Lipinski definition) is 8. The molecule has 0 saturated carbocycles. The van der Waals surface area contributed by atoms with E-state index in [1.165, 1.54) is 5.56 Å². The number of methoxy groups -OCH3 is 1. The SMILES string of the molecule is COc1cc(CN2CC=CCC2)ccc1OCC(O)CN1CCCOCC1.O=CO.O=CO. The first-order valence-electron chi connectivity index (χ1n) is 10.9. The van der Waals surface area contributed by atoms with Crippen LogP contribution >= 0.6 is 0 Å². The average molecular weight is 469 g/mol. The van der Waals surface area contributed by atoms with Crippen molar-refractivity contribution < 1.29 is 39.1 Å². The summed E-state index contributed by atoms with van der Waals surface area (Å²) in [5, 5.41) is 24.1. The van der Waals surface area contributed by atoms with Crippen LogP contribution in [0.1, 0.15) is 18.4 Å². The van der Waals surface area contributed by atoms with Crippen molar-refractivity contribution in [2.75, 3.05) is 59.7 Å². The Bertz CT molecular complexity index is 687. The van der Waals surface area contributed by atoms with Crippen LogP contribution in [0, 0.1) is 0 Å². The second-order valence-corrected chi connectivity index (χ2v) is 7.42. The van der Waals surface area contributed by atoms with E-state index in [2.05, 4.69) is 28.0 Å². The number of benzene rings is 1. The summed E-state index contributed by atoms with van der Waals surface area (Å²) in [5.74, 6) is 1.40. The molecule has 186 valence electrons. The van der Waals surface area contributed by atoms with Gasteiger partial charge in [-0.05, 0) is 30.5 Å². The van der Waals surface area contributed by atoms with Crippen molar-refractivity contribution in [3.05, 3.63) is 35.9 Å². The second-order valence-electron chi connectivity index (χ2n) is 7.42. The van der Waals surface area contributed by atoms with Gasteiger partial charge in [-0.1, -0.05) is 18.2 Å². The summed E-state index contributed by atoms with van der Waals surface area (Å²) >= 11 is 0. The van der Waals surface area contributed by atoms with Gasteiger partial charge in [0.25, 0.3) is 12.9 Å². The first-order chi connectivity index (χ1) is 16.1. The molecule has 1 fully saturated rings. The molecule has 10 heteroatoms. The number of aliphatic hydroxyl groups excluding tert-OH is 1. The van der Waals surface area contributed by atoms with Crippen molar-refractivity contribution in [1.29, 1.82) is 0 Å². The van der Waals surface area contributed by atoms with Gasteiger partial charge in [0.2, 0.25) is 0 Å². The summed E-state index contributed by atoms with van der Waals surface area (Å²) in [7, 11) is 1.66. The zero-order chi connectivity index (χ0) is 24.3. The highest BCUT2D eigenvalue weighted by Gasteiger charge is 2.16. The lowest BCUT2D eigenvalue weighted by Crippen LogP contribution is -2.37. The highest BCUT2D eigenvalue weighted by molar-refractivity contribution is 5.43. The van der Waals surface area contributed by atoms with Crippen LogP contribution < -0.4 is 9.47 Å². The van der Waals surface area contributed by atoms with E-state index in [4.69, 9.17) is 34.0 Å². The van der Waals surface area contributed by atoms with Crippen LogP contribution in [0.5, 0.6) is 11.5 Å². The Morgan fingerprint density at radius 3 is 2.48 bits per heavy atom. The molecule has 2 heterocycles. The van der Waals surface area contributed by atoms with Gasteiger partial charge in [-0.2, -0.15) is 0 Å². The normalized spacial score (nSPS) is 17.3. The van der Waals surface area contributed by atoms with E-state index >= 15 is 0 Å². The minimum atomic E-state index is -0.535. The van der Waals surface area contributed by atoms with E-state index in [1.807, 2.05) is 12.1 Å². The number of nitrogens with zero attached hydrogens (tertiary/aromatic N) is 2. The molecule has 3 N–H and O–H groups in total. The van der Waals surface area contributed by atoms with E-state index in [9.17, 15) is 5.11 Å². The van der Waals surface area contributed by atoms with Gasteiger partial charge in [-0.25, -0.2) is 0 Å². The van der Waals surface area contributed by atoms with Crippen molar-refractivity contribution in [1.82, 2.24) is 9.80 Å². The number of carboxylic acid groups (broad SMARTS) is 2. The van der Waals surface area contributed by atoms with Crippen LogP contribution in [0.4, 0.5) is 0 Å². The van der Waals surface area contributed by atoms with Crippen LogP contribution in [0.3, 0.4) is 0 Å². The maximum absolute atomic E-state index is 10.3. The number of rotatable bonds is 8. The fourth-order valence-corrected chi connectivity index (χ4v) is 3.54. The highest BCUT2D eigenvalue weighted by atomic mass is 16.5. The van der Waals surface area contributed by atoms with Crippen LogP contribution in [0.25, 0.3) is 0 Å². The predicted octanol–water partition coefficient (Wildman–Crippen LogP) is 1.32. The summed E-state index contributed by atoms with van der Waals surface area (Å²) in [6.45, 7) is 6.70. The summed E-state index contributed by atoms with van der Waals surface area (Å²) in [6, 6.07) is 6.06. The zero-order valence-corrected chi connectivity index (χ0v) is 19.2. The maximum Gasteiger partial charge on any atom is 0.290 e. The van der Waals surface area contributed by atoms with Crippen molar-refractivity contribution in [2.45, 2.75) is 25.5 Å². The van der Waals surface area contributed by atoms with Crippen molar-refractivity contribution in [2.24, 2.45) is 0 Å². The Labute approximate surface area is 195 Å². The average Bonchev–Trinajstić information content (AvgIpc) is 3.08. The quantitative estimate of drug-likeness (QED) is 0.379. The molecular formula is C23H36N2O8. The molecule has 0 spiro atoms. The van der Waals surface area contributed by atoms with Gasteiger partial charge >= 0.3 is 0 Å². The summed E-state index contributed by atoms with van der Waals surface area (Å²) < 4.78 is 16.8. The number of hydrogen-bond donors (Lipinski definition) is 3. The molecule has 0 aromatic heterocycles. The molecular weight excluding hydrogens is 432 g/mol. The number of aliphatic hydroxyl groups is 1. The Hall–Kier alpha value is -2.66. The Morgan fingerprint density at radius 2 is 1.82 bits per heavy atom. The number of β-amino-alcohol motifs (C(OH)–C–C–N with tert-alkyl or cyclic N) is 1. The molecule has 2 aliphatic heterocycles. The fourth-order valence-electron chi connectivity index (χ4n) is 3.54. The first kappa shape index (κ1) is 28.4. The third kappa shape index (κ3) is 12.2. The molecule has 0 amide bonds. The van der Waals surface area contributed by atoms with E-state index in [-0.39, 0.29) is 19.6 Å². The zero-order valence-electron chi connectivity index (χ0n) is 19.2. The van der Waals surface area contributed by atoms with E-state index in [1.54, 1.807) is 7.11 Å². The molecule has 33 heavy (non-hydrogen) atoms. The van der Waals surface area contributed by atoms with Crippen LogP contribution in [0.2, 0.25) is 0 Å². The molecule has 2 aliphatic rings. The van der Waals surface area contributed by atoms with Crippen LogP contribution in [-0.4, -0.2) is 104 Å². The molecule has 1 unspecified atom stereocenters. The van der Waals surface area contributed by atoms with Crippen LogP contribution in [0.15, 0.2) is 30.4 Å². The third-order valence-corrected chi connectivity index (χ3v) is 4.99. The van der Waals surface area contributed by atoms with Crippen LogP contribution in [-0.2, 0) is 20.9 Å². The van der Waals surface area contributed by atoms with Gasteiger partial charge in [0.15, 0.2) is 11.5 Å². The van der Waals surface area contributed by atoms with Gasteiger partial charge < -0.3 is 29.5 Å². The Kier molecular flexibility index (Phi) is 15.3. The molecule has 1 aromatic carbocycles. The maximum atomic E-state index is 10.3. The monoisotopic (exact) mass is 468 g/mol. The second kappa shape index (κ2) is 17.8. The summed E-state index contributed by atoms with van der Waals surface area (Å²) in [4.78, 5) is 21.4. The standard InChI is InChI=1S/C21H32N2O4.2CH2O2/c1-25-21-14-18(15-22-8-3-2-4-9-22)6-7-20(21)27-17-19(24)16-23-10-5-12-26-13-11-23;2*2-1-3/h2-3,6-7,14,19,24H,4-5,8-13,15-17H2,1H3;2*1H,(H,2,3). The number of carbonyl (C=O) groups is 2. The van der Waals surface area contributed by atoms with Gasteiger partial charge in [0.1, 0.15) is 12.7 Å². The van der Waals surface area contributed by atoms with Crippen molar-refractivity contribution in [3.8, 4) is 11.5 Å². The minimum absolute atomic E-state index is 0.250. The molecule has 10 nitrogen and oxygen atoms in total. The Morgan fingerprint density at radius 1 is 1.06 bits per heavy atom. The van der Waals surface area contributed by atoms with E-state index in [0.717, 1.165) is 64.5 Å². The van der Waals surface area contributed by atoms with E-state index < -0.39 is 6.10 Å². The third-order valence-electron chi connectivity index (χ3n) is 4.99. The molecule has 0 bridgehead atoms. The molecule has 3 rings (SSSR count). The lowest BCUT2D eigenvalue weighted by atomic mass is 10.1. The molecule has 1 atom stereocenters. The molecule has 0 radical (unpaired) electrons. The molecule has 0 aliphatic carbocycles. The fraction of sp³-hybridized carbons (Fsp3) is 0.565. The number of ether oxygens (including phenoxy) is 3. The molecule has 1 saturated heterocycles. The van der Waals surface area contributed by atoms with Gasteiger partial charge in [0.05, 0.1) is 13.7 Å². The summed E-state index contributed by atoms with van der Waals surface area (Å²) in [6.07, 6.45) is 6.04. The largest absolute Gasteiger partial charge is 0.493 e.